The lowest BCUT2D eigenvalue weighted by Crippen LogP contribution is -2.05. The van der Waals surface area contributed by atoms with Gasteiger partial charge < -0.3 is 0 Å². The van der Waals surface area contributed by atoms with Gasteiger partial charge >= 0.3 is 0 Å². The molecule has 1 heteroatoms. The first-order chi connectivity index (χ1) is 6.97. The van der Waals surface area contributed by atoms with Gasteiger partial charge in [-0.2, -0.15) is 0 Å². The quantitative estimate of drug-likeness (QED) is 0.680. The Kier molecular flexibility index (Phi) is 3.67. The van der Waals surface area contributed by atoms with Crippen LogP contribution in [0.3, 0.4) is 0 Å². The molecule has 0 atom stereocenters. The molecule has 0 amide bonds. The molecule has 0 N–H and O–H groups in total. The predicted octanol–water partition coefficient (Wildman–Crippen LogP) is 4.02. The lowest BCUT2D eigenvalue weighted by molar-refractivity contribution is 0.0987. The third kappa shape index (κ3) is 2.47. The summed E-state index contributed by atoms with van der Waals surface area (Å²) in [5, 5.41) is 0. The largest absolute Gasteiger partial charge is 0.294 e. The van der Waals surface area contributed by atoms with Crippen LogP contribution in [0.25, 0.3) is 0 Å². The van der Waals surface area contributed by atoms with Crippen LogP contribution < -0.4 is 0 Å². The fraction of sp³-hybridized carbons (Fsp3) is 0.500. The zero-order chi connectivity index (χ0) is 11.6. The lowest BCUT2D eigenvalue weighted by atomic mass is 9.90. The Balaban J connectivity index is 3.34. The van der Waals surface area contributed by atoms with Crippen molar-refractivity contribution in [3.05, 3.63) is 34.4 Å². The number of Topliss-reactive ketones (excluding diaryl/α,β-unsaturated/α-hetero) is 1. The van der Waals surface area contributed by atoms with Crippen LogP contribution in [0.15, 0.2) is 12.1 Å². The summed E-state index contributed by atoms with van der Waals surface area (Å²) in [5.41, 5.74) is 4.57. The standard InChI is InChI=1S/C14H20O/c1-6-14(15)13-8-11(5)10(4)7-12(13)9(2)3/h7-9H,6H2,1-5H3. The molecule has 15 heavy (non-hydrogen) atoms. The molecule has 0 aliphatic heterocycles. The van der Waals surface area contributed by atoms with E-state index < -0.39 is 0 Å². The summed E-state index contributed by atoms with van der Waals surface area (Å²) in [6.07, 6.45) is 0.586. The van der Waals surface area contributed by atoms with E-state index in [2.05, 4.69) is 33.8 Å². The van der Waals surface area contributed by atoms with Crippen molar-refractivity contribution >= 4 is 5.78 Å². The Morgan fingerprint density at radius 1 is 1.20 bits per heavy atom. The summed E-state index contributed by atoms with van der Waals surface area (Å²) in [4.78, 5) is 11.8. The van der Waals surface area contributed by atoms with Gasteiger partial charge in [-0.1, -0.05) is 26.8 Å². The van der Waals surface area contributed by atoms with E-state index in [1.165, 1.54) is 16.7 Å². The first-order valence-electron chi connectivity index (χ1n) is 5.61. The van der Waals surface area contributed by atoms with E-state index in [-0.39, 0.29) is 5.78 Å². The number of hydrogen-bond donors (Lipinski definition) is 0. The van der Waals surface area contributed by atoms with Crippen molar-refractivity contribution in [2.45, 2.75) is 47.0 Å². The summed E-state index contributed by atoms with van der Waals surface area (Å²) < 4.78 is 0. The predicted molar refractivity (Wildman–Crippen MR) is 64.6 cm³/mol. The molecule has 1 rings (SSSR count). The molecule has 0 heterocycles. The van der Waals surface area contributed by atoms with E-state index >= 15 is 0 Å². The molecule has 0 unspecified atom stereocenters. The van der Waals surface area contributed by atoms with Crippen LogP contribution in [0, 0.1) is 13.8 Å². The van der Waals surface area contributed by atoms with Gasteiger partial charge in [0.2, 0.25) is 0 Å². The van der Waals surface area contributed by atoms with Gasteiger partial charge in [-0.25, -0.2) is 0 Å². The van der Waals surface area contributed by atoms with Crippen LogP contribution in [-0.2, 0) is 0 Å². The molecule has 0 spiro atoms. The number of hydrogen-bond acceptors (Lipinski definition) is 1. The highest BCUT2D eigenvalue weighted by Gasteiger charge is 2.13. The minimum Gasteiger partial charge on any atom is -0.294 e. The molecular formula is C14H20O. The number of ketones is 1. The van der Waals surface area contributed by atoms with Gasteiger partial charge in [0, 0.05) is 12.0 Å². The van der Waals surface area contributed by atoms with Gasteiger partial charge in [-0.3, -0.25) is 4.79 Å². The van der Waals surface area contributed by atoms with Gasteiger partial charge in [0.15, 0.2) is 5.78 Å². The molecular weight excluding hydrogens is 184 g/mol. The summed E-state index contributed by atoms with van der Waals surface area (Å²) in [7, 11) is 0. The summed E-state index contributed by atoms with van der Waals surface area (Å²) >= 11 is 0. The van der Waals surface area contributed by atoms with Gasteiger partial charge in [0.1, 0.15) is 0 Å². The maximum Gasteiger partial charge on any atom is 0.162 e. The number of carbonyl (C=O) groups excluding carboxylic acids is 1. The monoisotopic (exact) mass is 204 g/mol. The molecule has 1 aromatic carbocycles. The first kappa shape index (κ1) is 12.0. The Morgan fingerprint density at radius 3 is 2.20 bits per heavy atom. The van der Waals surface area contributed by atoms with Crippen molar-refractivity contribution in [2.24, 2.45) is 0 Å². The Hall–Kier alpha value is -1.11. The van der Waals surface area contributed by atoms with E-state index in [9.17, 15) is 4.79 Å². The van der Waals surface area contributed by atoms with E-state index in [0.29, 0.717) is 12.3 Å². The molecule has 0 saturated heterocycles. The van der Waals surface area contributed by atoms with E-state index in [0.717, 1.165) is 5.56 Å². The average molecular weight is 204 g/mol. The second-order valence-electron chi connectivity index (χ2n) is 4.46. The van der Waals surface area contributed by atoms with Crippen molar-refractivity contribution in [2.75, 3.05) is 0 Å². The smallest absolute Gasteiger partial charge is 0.162 e. The maximum atomic E-state index is 11.8. The highest BCUT2D eigenvalue weighted by atomic mass is 16.1. The molecule has 0 saturated carbocycles. The molecule has 1 aromatic rings. The van der Waals surface area contributed by atoms with Crippen molar-refractivity contribution in [1.29, 1.82) is 0 Å². The average Bonchev–Trinajstić information content (AvgIpc) is 2.20. The molecule has 82 valence electrons. The number of aryl methyl sites for hydroxylation is 2. The summed E-state index contributed by atoms with van der Waals surface area (Å²) in [5.74, 6) is 0.664. The second kappa shape index (κ2) is 4.61. The van der Waals surface area contributed by atoms with Crippen molar-refractivity contribution in [1.82, 2.24) is 0 Å². The molecule has 0 aliphatic rings. The van der Waals surface area contributed by atoms with Gasteiger partial charge in [0.25, 0.3) is 0 Å². The van der Waals surface area contributed by atoms with Crippen molar-refractivity contribution in [3.8, 4) is 0 Å². The van der Waals surface area contributed by atoms with Crippen LogP contribution in [0.1, 0.15) is 60.2 Å². The van der Waals surface area contributed by atoms with E-state index in [4.69, 9.17) is 0 Å². The third-order valence-corrected chi connectivity index (χ3v) is 2.91. The molecule has 0 radical (unpaired) electrons. The Labute approximate surface area is 92.5 Å². The first-order valence-corrected chi connectivity index (χ1v) is 5.61. The van der Waals surface area contributed by atoms with E-state index in [1.54, 1.807) is 0 Å². The SMILES string of the molecule is CCC(=O)c1cc(C)c(C)cc1C(C)C. The number of benzene rings is 1. The third-order valence-electron chi connectivity index (χ3n) is 2.91. The molecule has 0 aromatic heterocycles. The zero-order valence-corrected chi connectivity index (χ0v) is 10.3. The Morgan fingerprint density at radius 2 is 1.73 bits per heavy atom. The topological polar surface area (TPSA) is 17.1 Å². The van der Waals surface area contributed by atoms with Gasteiger partial charge in [-0.05, 0) is 42.5 Å². The fourth-order valence-corrected chi connectivity index (χ4v) is 1.75. The van der Waals surface area contributed by atoms with Crippen LogP contribution >= 0.6 is 0 Å². The minimum atomic E-state index is 0.252. The van der Waals surface area contributed by atoms with Crippen molar-refractivity contribution in [3.63, 3.8) is 0 Å². The van der Waals surface area contributed by atoms with Crippen LogP contribution in [0.5, 0.6) is 0 Å². The highest BCUT2D eigenvalue weighted by molar-refractivity contribution is 5.97. The van der Waals surface area contributed by atoms with Gasteiger partial charge in [-0.15, -0.1) is 0 Å². The summed E-state index contributed by atoms with van der Waals surface area (Å²) in [6.45, 7) is 10.3. The maximum absolute atomic E-state index is 11.8. The Bertz CT molecular complexity index is 375. The van der Waals surface area contributed by atoms with Crippen LogP contribution in [0.2, 0.25) is 0 Å². The second-order valence-corrected chi connectivity index (χ2v) is 4.46. The normalized spacial score (nSPS) is 10.8. The highest BCUT2D eigenvalue weighted by Crippen LogP contribution is 2.24. The zero-order valence-electron chi connectivity index (χ0n) is 10.3. The lowest BCUT2D eigenvalue weighted by Gasteiger charge is -2.14. The minimum absolute atomic E-state index is 0.252. The van der Waals surface area contributed by atoms with Crippen LogP contribution in [-0.4, -0.2) is 5.78 Å². The van der Waals surface area contributed by atoms with Crippen molar-refractivity contribution < 1.29 is 4.79 Å². The molecule has 0 aliphatic carbocycles. The number of rotatable bonds is 3. The van der Waals surface area contributed by atoms with Gasteiger partial charge in [0.05, 0.1) is 0 Å². The van der Waals surface area contributed by atoms with E-state index in [1.807, 2.05) is 13.0 Å². The number of carbonyl (C=O) groups is 1. The summed E-state index contributed by atoms with van der Waals surface area (Å²) in [6, 6.07) is 4.19. The molecule has 1 nitrogen and oxygen atoms in total. The molecule has 0 bridgehead atoms. The molecule has 0 fully saturated rings. The van der Waals surface area contributed by atoms with Crippen LogP contribution in [0.4, 0.5) is 0 Å². The fourth-order valence-electron chi connectivity index (χ4n) is 1.75.